The Bertz CT molecular complexity index is 1140. The third-order valence-electron chi connectivity index (χ3n) is 5.64. The van der Waals surface area contributed by atoms with Gasteiger partial charge in [0.15, 0.2) is 0 Å². The third-order valence-corrected chi connectivity index (χ3v) is 8.01. The smallest absolute Gasteiger partial charge is 0.337 e. The topological polar surface area (TPSA) is 96.0 Å². The van der Waals surface area contributed by atoms with Crippen LogP contribution < -0.4 is 10.2 Å². The molecule has 0 aliphatic carbocycles. The molecule has 1 fully saturated rings. The van der Waals surface area contributed by atoms with Gasteiger partial charge in [0.05, 0.1) is 39.5 Å². The first-order chi connectivity index (χ1) is 15.7. The average Bonchev–Trinajstić information content (AvgIpc) is 3.34. The number of ether oxygens (including phenoxy) is 1. The molecule has 1 aliphatic rings. The molecule has 0 unspecified atom stereocenters. The van der Waals surface area contributed by atoms with Crippen LogP contribution in [0.25, 0.3) is 0 Å². The number of benzene rings is 2. The van der Waals surface area contributed by atoms with Crippen molar-refractivity contribution in [2.45, 2.75) is 31.6 Å². The van der Waals surface area contributed by atoms with Gasteiger partial charge in [0.2, 0.25) is 10.0 Å². The van der Waals surface area contributed by atoms with Gasteiger partial charge >= 0.3 is 5.97 Å². The first kappa shape index (κ1) is 25.0. The van der Waals surface area contributed by atoms with E-state index < -0.39 is 21.9 Å². The monoisotopic (exact) mass is 493 g/mol. The van der Waals surface area contributed by atoms with Crippen molar-refractivity contribution >= 4 is 44.9 Å². The number of carbonyl (C=O) groups excluding carboxylic acids is 2. The minimum atomic E-state index is -3.76. The molecular weight excluding hydrogens is 466 g/mol. The van der Waals surface area contributed by atoms with Gasteiger partial charge in [-0.1, -0.05) is 25.4 Å². The number of nitrogens with zero attached hydrogens (tertiary/aromatic N) is 2. The molecule has 8 nitrogen and oxygen atoms in total. The lowest BCUT2D eigenvalue weighted by atomic mass is 10.1. The van der Waals surface area contributed by atoms with Gasteiger partial charge in [-0.3, -0.25) is 4.79 Å². The summed E-state index contributed by atoms with van der Waals surface area (Å²) in [6, 6.07) is 9.06. The van der Waals surface area contributed by atoms with E-state index in [1.807, 2.05) is 0 Å². The normalized spacial score (nSPS) is 13.9. The van der Waals surface area contributed by atoms with E-state index in [0.29, 0.717) is 24.3 Å². The summed E-state index contributed by atoms with van der Waals surface area (Å²) in [4.78, 5) is 27.4. The highest BCUT2D eigenvalue weighted by molar-refractivity contribution is 7.89. The molecule has 1 heterocycles. The van der Waals surface area contributed by atoms with Crippen molar-refractivity contribution in [2.24, 2.45) is 0 Å². The molecule has 0 saturated carbocycles. The maximum Gasteiger partial charge on any atom is 0.337 e. The zero-order valence-corrected chi connectivity index (χ0v) is 20.5. The molecule has 0 spiro atoms. The summed E-state index contributed by atoms with van der Waals surface area (Å²) in [5.41, 5.74) is 1.52. The van der Waals surface area contributed by atoms with E-state index >= 15 is 0 Å². The summed E-state index contributed by atoms with van der Waals surface area (Å²) >= 11 is 6.27. The van der Waals surface area contributed by atoms with Crippen LogP contribution in [0.2, 0.25) is 5.02 Å². The zero-order chi connectivity index (χ0) is 24.2. The summed E-state index contributed by atoms with van der Waals surface area (Å²) in [7, 11) is -2.48. The molecule has 0 bridgehead atoms. The highest BCUT2D eigenvalue weighted by Gasteiger charge is 2.25. The largest absolute Gasteiger partial charge is 0.465 e. The Morgan fingerprint density at radius 2 is 1.76 bits per heavy atom. The number of nitrogens with one attached hydrogen (secondary N) is 1. The van der Waals surface area contributed by atoms with E-state index in [1.165, 1.54) is 29.6 Å². The van der Waals surface area contributed by atoms with Crippen molar-refractivity contribution in [1.82, 2.24) is 4.31 Å². The fraction of sp³-hybridized carbons (Fsp3) is 0.391. The molecule has 0 atom stereocenters. The molecule has 1 N–H and O–H groups in total. The van der Waals surface area contributed by atoms with Crippen LogP contribution in [0.15, 0.2) is 41.3 Å². The summed E-state index contributed by atoms with van der Waals surface area (Å²) in [5.74, 6) is -1.09. The lowest BCUT2D eigenvalue weighted by Crippen LogP contribution is -2.30. The van der Waals surface area contributed by atoms with Crippen molar-refractivity contribution in [3.05, 3.63) is 52.5 Å². The number of esters is 1. The molecule has 1 aliphatic heterocycles. The zero-order valence-electron chi connectivity index (χ0n) is 18.9. The number of amides is 1. The van der Waals surface area contributed by atoms with Crippen molar-refractivity contribution in [3.63, 3.8) is 0 Å². The molecule has 3 rings (SSSR count). The third kappa shape index (κ3) is 5.31. The van der Waals surface area contributed by atoms with Crippen molar-refractivity contribution in [1.29, 1.82) is 0 Å². The van der Waals surface area contributed by atoms with Gasteiger partial charge in [-0.15, -0.1) is 0 Å². The second-order valence-electron chi connectivity index (χ2n) is 7.60. The predicted octanol–water partition coefficient (Wildman–Crippen LogP) is 4.01. The molecule has 2 aromatic carbocycles. The highest BCUT2D eigenvalue weighted by atomic mass is 35.5. The fourth-order valence-electron chi connectivity index (χ4n) is 3.86. The molecule has 10 heteroatoms. The van der Waals surface area contributed by atoms with Crippen LogP contribution in [0.4, 0.5) is 11.4 Å². The Balaban J connectivity index is 1.99. The van der Waals surface area contributed by atoms with Crippen LogP contribution in [0.3, 0.4) is 0 Å². The number of sulfonamides is 1. The number of rotatable bonds is 8. The maximum atomic E-state index is 13.2. The highest BCUT2D eigenvalue weighted by Crippen LogP contribution is 2.32. The van der Waals surface area contributed by atoms with Crippen LogP contribution in [0, 0.1) is 0 Å². The summed E-state index contributed by atoms with van der Waals surface area (Å²) in [6.07, 6.45) is 2.06. The predicted molar refractivity (Wildman–Crippen MR) is 129 cm³/mol. The van der Waals surface area contributed by atoms with Crippen LogP contribution >= 0.6 is 11.6 Å². The van der Waals surface area contributed by atoms with Gasteiger partial charge in [0, 0.05) is 26.2 Å². The van der Waals surface area contributed by atoms with E-state index in [2.05, 4.69) is 10.2 Å². The first-order valence-corrected chi connectivity index (χ1v) is 12.6. The van der Waals surface area contributed by atoms with Crippen molar-refractivity contribution < 1.29 is 22.7 Å². The van der Waals surface area contributed by atoms with Gasteiger partial charge in [0.1, 0.15) is 0 Å². The van der Waals surface area contributed by atoms with E-state index in [0.717, 1.165) is 31.6 Å². The molecule has 1 amide bonds. The summed E-state index contributed by atoms with van der Waals surface area (Å²) < 4.78 is 31.9. The van der Waals surface area contributed by atoms with Gasteiger partial charge in [-0.2, -0.15) is 4.31 Å². The number of halogens is 1. The Morgan fingerprint density at radius 3 is 2.36 bits per heavy atom. The van der Waals surface area contributed by atoms with Gasteiger partial charge in [0.25, 0.3) is 5.91 Å². The molecule has 0 aromatic heterocycles. The molecule has 178 valence electrons. The minimum Gasteiger partial charge on any atom is -0.465 e. The van der Waals surface area contributed by atoms with Gasteiger partial charge < -0.3 is 15.0 Å². The first-order valence-electron chi connectivity index (χ1n) is 10.8. The second kappa shape index (κ2) is 10.5. The molecule has 33 heavy (non-hydrogen) atoms. The van der Waals surface area contributed by atoms with Crippen LogP contribution in [0.5, 0.6) is 0 Å². The average molecular weight is 494 g/mol. The Hall–Kier alpha value is -2.62. The molecule has 1 saturated heterocycles. The van der Waals surface area contributed by atoms with Gasteiger partial charge in [-0.05, 0) is 49.2 Å². The molecule has 2 aromatic rings. The SMILES string of the molecule is CCN(CC)S(=O)(=O)c1ccc(Cl)c(C(=O)Nc2cc(C(=O)OC)ccc2N2CCCC2)c1. The van der Waals surface area contributed by atoms with E-state index in [9.17, 15) is 18.0 Å². The van der Waals surface area contributed by atoms with Crippen molar-refractivity contribution in [2.75, 3.05) is 43.5 Å². The van der Waals surface area contributed by atoms with Crippen LogP contribution in [-0.2, 0) is 14.8 Å². The van der Waals surface area contributed by atoms with Gasteiger partial charge in [-0.25, -0.2) is 13.2 Å². The summed E-state index contributed by atoms with van der Waals surface area (Å²) in [5, 5.41) is 2.94. The van der Waals surface area contributed by atoms with E-state index in [-0.39, 0.29) is 15.5 Å². The number of hydrogen-bond donors (Lipinski definition) is 1. The number of methoxy groups -OCH3 is 1. The summed E-state index contributed by atoms with van der Waals surface area (Å²) in [6.45, 7) is 5.78. The van der Waals surface area contributed by atoms with Crippen molar-refractivity contribution in [3.8, 4) is 0 Å². The Labute approximate surface area is 199 Å². The fourth-order valence-corrected chi connectivity index (χ4v) is 5.54. The maximum absolute atomic E-state index is 13.2. The van der Waals surface area contributed by atoms with Crippen LogP contribution in [0.1, 0.15) is 47.4 Å². The Kier molecular flexibility index (Phi) is 7.99. The van der Waals surface area contributed by atoms with E-state index in [1.54, 1.807) is 32.0 Å². The number of anilines is 2. The van der Waals surface area contributed by atoms with Crippen LogP contribution in [-0.4, -0.2) is 57.9 Å². The molecular formula is C23H28ClN3O5S. The molecule has 0 radical (unpaired) electrons. The lowest BCUT2D eigenvalue weighted by Gasteiger charge is -2.22. The minimum absolute atomic E-state index is 0.0103. The number of hydrogen-bond acceptors (Lipinski definition) is 6. The Morgan fingerprint density at radius 1 is 1.09 bits per heavy atom. The lowest BCUT2D eigenvalue weighted by molar-refractivity contribution is 0.0600. The second-order valence-corrected chi connectivity index (χ2v) is 9.95. The standard InChI is InChI=1S/C23H28ClN3O5S/c1-4-27(5-2)33(30,31)17-9-10-19(24)18(15-17)22(28)25-20-14-16(23(29)32-3)8-11-21(20)26-12-6-7-13-26/h8-11,14-15H,4-7,12-13H2,1-3H3,(H,25,28). The van der Waals surface area contributed by atoms with E-state index in [4.69, 9.17) is 16.3 Å². The quantitative estimate of drug-likeness (QED) is 0.558. The number of carbonyl (C=O) groups is 2.